The van der Waals surface area contributed by atoms with E-state index in [1.165, 1.54) is 38.2 Å². The van der Waals surface area contributed by atoms with Crippen molar-refractivity contribution in [1.82, 2.24) is 14.1 Å². The summed E-state index contributed by atoms with van der Waals surface area (Å²) in [6, 6.07) is 10.5. The largest absolute Gasteiger partial charge is 0.395 e. The molecule has 3 N–H and O–H groups in total. The van der Waals surface area contributed by atoms with Gasteiger partial charge >= 0.3 is 5.69 Å². The van der Waals surface area contributed by atoms with E-state index in [0.717, 1.165) is 9.13 Å². The number of aromatic amines is 1. The molecule has 194 valence electrons. The Labute approximate surface area is 223 Å². The van der Waals surface area contributed by atoms with Gasteiger partial charge in [-0.25, -0.2) is 17.6 Å². The fourth-order valence-corrected chi connectivity index (χ4v) is 5.66. The minimum Gasteiger partial charge on any atom is -0.395 e. The number of sulfone groups is 1. The van der Waals surface area contributed by atoms with Gasteiger partial charge in [-0.05, 0) is 65.4 Å². The van der Waals surface area contributed by atoms with Crippen LogP contribution < -0.4 is 22.1 Å². The lowest BCUT2D eigenvalue weighted by molar-refractivity contribution is 0.319. The average molecular weight is 640 g/mol. The second kappa shape index (κ2) is 10.2. The first-order valence-electron chi connectivity index (χ1n) is 10.9. The van der Waals surface area contributed by atoms with Crippen LogP contribution in [0.2, 0.25) is 0 Å². The number of fused-ring (bicyclic) bond motifs is 1. The summed E-state index contributed by atoms with van der Waals surface area (Å²) in [5, 5.41) is 11.8. The highest BCUT2D eigenvalue weighted by Gasteiger charge is 2.21. The second-order valence-corrected chi connectivity index (χ2v) is 11.8. The zero-order valence-electron chi connectivity index (χ0n) is 19.7. The van der Waals surface area contributed by atoms with Crippen LogP contribution >= 0.6 is 22.6 Å². The van der Waals surface area contributed by atoms with E-state index in [0.29, 0.717) is 9.13 Å². The number of hydrogen-bond acceptors (Lipinski definition) is 7. The van der Waals surface area contributed by atoms with E-state index >= 15 is 0 Å². The SMILES string of the molecule is Cc1c(=O)n(C)c(Nc2ccc(I)cc2F)c2c(=O)[nH]c(=O)n(-c3cccc(CS(=O)(=O)CCO)c3)c12. The van der Waals surface area contributed by atoms with Crippen molar-refractivity contribution in [3.63, 3.8) is 0 Å². The highest BCUT2D eigenvalue weighted by atomic mass is 127. The van der Waals surface area contributed by atoms with Gasteiger partial charge in [-0.2, -0.15) is 0 Å². The lowest BCUT2D eigenvalue weighted by Crippen LogP contribution is -2.34. The van der Waals surface area contributed by atoms with E-state index < -0.39 is 44.8 Å². The standard InChI is InChI=1S/C24H22FIN4O6S/c1-13-20-19(21(29(2)23(13)33)27-18-7-6-15(26)11-17(18)25)22(32)28-24(34)30(20)16-5-3-4-14(10-16)12-37(35,36)9-8-31/h3-7,10-11,27,31H,8-9,12H2,1-2H3,(H,28,32,34). The van der Waals surface area contributed by atoms with Gasteiger partial charge in [0, 0.05) is 16.2 Å². The number of rotatable bonds is 7. The molecule has 0 amide bonds. The zero-order valence-corrected chi connectivity index (χ0v) is 22.7. The Morgan fingerprint density at radius 3 is 2.54 bits per heavy atom. The van der Waals surface area contributed by atoms with Crippen molar-refractivity contribution in [2.24, 2.45) is 7.05 Å². The number of pyridine rings is 1. The lowest BCUT2D eigenvalue weighted by Gasteiger charge is -2.19. The molecule has 4 rings (SSSR count). The first-order valence-corrected chi connectivity index (χ1v) is 13.8. The number of aliphatic hydroxyl groups is 1. The lowest BCUT2D eigenvalue weighted by atomic mass is 10.1. The van der Waals surface area contributed by atoms with Gasteiger partial charge in [-0.3, -0.25) is 23.7 Å². The summed E-state index contributed by atoms with van der Waals surface area (Å²) in [5.74, 6) is -1.42. The molecule has 0 unspecified atom stereocenters. The molecule has 0 atom stereocenters. The van der Waals surface area contributed by atoms with Gasteiger partial charge in [0.1, 0.15) is 17.0 Å². The zero-order chi connectivity index (χ0) is 27.1. The molecule has 0 bridgehead atoms. The summed E-state index contributed by atoms with van der Waals surface area (Å²) in [7, 11) is -2.19. The number of aliphatic hydroxyl groups excluding tert-OH is 1. The highest BCUT2D eigenvalue weighted by molar-refractivity contribution is 14.1. The quantitative estimate of drug-likeness (QED) is 0.263. The minimum absolute atomic E-state index is 0.000588. The molecule has 0 aliphatic heterocycles. The van der Waals surface area contributed by atoms with Crippen LogP contribution in [0.5, 0.6) is 0 Å². The van der Waals surface area contributed by atoms with Crippen LogP contribution in [-0.2, 0) is 22.6 Å². The van der Waals surface area contributed by atoms with Gasteiger partial charge in [-0.15, -0.1) is 0 Å². The van der Waals surface area contributed by atoms with Crippen LogP contribution in [0.25, 0.3) is 16.6 Å². The average Bonchev–Trinajstić information content (AvgIpc) is 2.81. The molecular weight excluding hydrogens is 618 g/mol. The Bertz CT molecular complexity index is 1830. The monoisotopic (exact) mass is 640 g/mol. The number of halogens is 2. The normalized spacial score (nSPS) is 11.7. The molecule has 0 aliphatic rings. The second-order valence-electron chi connectivity index (χ2n) is 8.39. The molecule has 0 aliphatic carbocycles. The molecule has 2 heterocycles. The summed E-state index contributed by atoms with van der Waals surface area (Å²) in [6.07, 6.45) is 0. The number of nitrogens with one attached hydrogen (secondary N) is 2. The number of H-pyrrole nitrogens is 1. The van der Waals surface area contributed by atoms with E-state index in [4.69, 9.17) is 5.11 Å². The fraction of sp³-hybridized carbons (Fsp3) is 0.208. The minimum atomic E-state index is -3.61. The van der Waals surface area contributed by atoms with Crippen molar-refractivity contribution in [3.8, 4) is 5.69 Å². The number of nitrogens with zero attached hydrogens (tertiary/aromatic N) is 2. The van der Waals surface area contributed by atoms with E-state index in [-0.39, 0.29) is 39.4 Å². The molecule has 0 saturated carbocycles. The van der Waals surface area contributed by atoms with Gasteiger partial charge in [0.25, 0.3) is 11.1 Å². The predicted molar refractivity (Wildman–Crippen MR) is 147 cm³/mol. The Balaban J connectivity index is 2.01. The van der Waals surface area contributed by atoms with Gasteiger partial charge in [-0.1, -0.05) is 12.1 Å². The van der Waals surface area contributed by atoms with E-state index in [2.05, 4.69) is 10.3 Å². The van der Waals surface area contributed by atoms with Crippen LogP contribution in [0, 0.1) is 16.3 Å². The molecule has 13 heteroatoms. The van der Waals surface area contributed by atoms with Crippen molar-refractivity contribution in [3.05, 3.63) is 94.2 Å². The molecule has 0 saturated heterocycles. The first kappa shape index (κ1) is 26.8. The maximum Gasteiger partial charge on any atom is 0.333 e. The topological polar surface area (TPSA) is 143 Å². The Kier molecular flexibility index (Phi) is 7.39. The number of anilines is 2. The van der Waals surface area contributed by atoms with Gasteiger partial charge in [0.15, 0.2) is 9.84 Å². The summed E-state index contributed by atoms with van der Waals surface area (Å²) >= 11 is 1.95. The Morgan fingerprint density at radius 2 is 1.86 bits per heavy atom. The molecule has 0 fully saturated rings. The number of benzene rings is 2. The van der Waals surface area contributed by atoms with Crippen LogP contribution in [0.3, 0.4) is 0 Å². The molecular formula is C24H22FIN4O6S. The smallest absolute Gasteiger partial charge is 0.333 e. The fourth-order valence-electron chi connectivity index (χ4n) is 4.10. The third-order valence-corrected chi connectivity index (χ3v) is 8.05. The molecule has 2 aromatic carbocycles. The van der Waals surface area contributed by atoms with Crippen molar-refractivity contribution in [1.29, 1.82) is 0 Å². The van der Waals surface area contributed by atoms with Gasteiger partial charge < -0.3 is 10.4 Å². The van der Waals surface area contributed by atoms with Crippen LogP contribution in [0.15, 0.2) is 56.8 Å². The summed E-state index contributed by atoms with van der Waals surface area (Å²) in [4.78, 5) is 41.5. The van der Waals surface area contributed by atoms with Crippen LogP contribution in [-0.4, -0.2) is 40.0 Å². The highest BCUT2D eigenvalue weighted by Crippen LogP contribution is 2.27. The number of aryl methyl sites for hydroxylation is 1. The van der Waals surface area contributed by atoms with Crippen molar-refractivity contribution in [2.75, 3.05) is 17.7 Å². The first-order chi connectivity index (χ1) is 17.4. The molecule has 2 aromatic heterocycles. The van der Waals surface area contributed by atoms with Crippen molar-refractivity contribution in [2.45, 2.75) is 12.7 Å². The third-order valence-electron chi connectivity index (χ3n) is 5.81. The van der Waals surface area contributed by atoms with Crippen LogP contribution in [0.1, 0.15) is 11.1 Å². The number of hydrogen-bond donors (Lipinski definition) is 3. The van der Waals surface area contributed by atoms with Crippen LogP contribution in [0.4, 0.5) is 15.9 Å². The van der Waals surface area contributed by atoms with Crippen molar-refractivity contribution >= 4 is 54.8 Å². The van der Waals surface area contributed by atoms with Gasteiger partial charge in [0.05, 0.1) is 35.0 Å². The Morgan fingerprint density at radius 1 is 1.14 bits per heavy atom. The maximum atomic E-state index is 14.6. The third kappa shape index (κ3) is 5.24. The van der Waals surface area contributed by atoms with E-state index in [1.54, 1.807) is 18.2 Å². The molecule has 10 nitrogen and oxygen atoms in total. The molecule has 4 aromatic rings. The molecule has 0 spiro atoms. The van der Waals surface area contributed by atoms with Crippen molar-refractivity contribution < 1.29 is 17.9 Å². The molecule has 37 heavy (non-hydrogen) atoms. The summed E-state index contributed by atoms with van der Waals surface area (Å²) < 4.78 is 42.0. The number of aromatic nitrogens is 3. The molecule has 0 radical (unpaired) electrons. The maximum absolute atomic E-state index is 14.6. The summed E-state index contributed by atoms with van der Waals surface area (Å²) in [5.41, 5.74) is -1.48. The Hall–Kier alpha value is -3.30. The van der Waals surface area contributed by atoms with Gasteiger partial charge in [0.2, 0.25) is 0 Å². The predicted octanol–water partition coefficient (Wildman–Crippen LogP) is 2.08. The van der Waals surface area contributed by atoms with E-state index in [1.807, 2.05) is 22.6 Å². The van der Waals surface area contributed by atoms with E-state index in [9.17, 15) is 27.2 Å². The summed E-state index contributed by atoms with van der Waals surface area (Å²) in [6.45, 7) is 0.941.